The summed E-state index contributed by atoms with van der Waals surface area (Å²) in [7, 11) is 0. The fourth-order valence-electron chi connectivity index (χ4n) is 3.98. The van der Waals surface area contributed by atoms with Crippen LogP contribution in [0, 0.1) is 17.2 Å². The molecule has 1 aliphatic carbocycles. The third kappa shape index (κ3) is 3.29. The van der Waals surface area contributed by atoms with E-state index in [1.54, 1.807) is 6.07 Å². The van der Waals surface area contributed by atoms with Gasteiger partial charge in [0.1, 0.15) is 6.07 Å². The normalized spacial score (nSPS) is 27.3. The van der Waals surface area contributed by atoms with Crippen LogP contribution in [-0.4, -0.2) is 28.0 Å². The average Bonchev–Trinajstić information content (AvgIpc) is 3.12. The molecule has 0 aromatic carbocycles. The van der Waals surface area contributed by atoms with Crippen LogP contribution < -0.4 is 16.2 Å². The van der Waals surface area contributed by atoms with Crippen LogP contribution in [0.2, 0.25) is 0 Å². The van der Waals surface area contributed by atoms with Gasteiger partial charge in [-0.25, -0.2) is 5.43 Å². The Hall–Kier alpha value is -2.82. The number of nitrogens with zero attached hydrogens (tertiary/aromatic N) is 3. The lowest BCUT2D eigenvalue weighted by Crippen LogP contribution is -2.44. The molecule has 3 heterocycles. The Labute approximate surface area is 151 Å². The van der Waals surface area contributed by atoms with Crippen LogP contribution in [0.4, 0.5) is 0 Å². The van der Waals surface area contributed by atoms with E-state index in [0.717, 1.165) is 19.3 Å². The van der Waals surface area contributed by atoms with Gasteiger partial charge < -0.3 is 5.32 Å². The number of nitriles is 1. The Kier molecular flexibility index (Phi) is 4.61. The maximum absolute atomic E-state index is 12.5. The zero-order valence-corrected chi connectivity index (χ0v) is 14.2. The lowest BCUT2D eigenvalue weighted by atomic mass is 9.77. The third-order valence-corrected chi connectivity index (χ3v) is 5.28. The number of amides is 1. The predicted molar refractivity (Wildman–Crippen MR) is 94.6 cm³/mol. The smallest absolute Gasteiger partial charge is 0.253 e. The monoisotopic (exact) mass is 348 g/mol. The molecule has 2 aliphatic rings. The van der Waals surface area contributed by atoms with E-state index in [9.17, 15) is 4.79 Å². The Morgan fingerprint density at radius 2 is 2.04 bits per heavy atom. The van der Waals surface area contributed by atoms with Crippen LogP contribution >= 0.6 is 0 Å². The van der Waals surface area contributed by atoms with E-state index in [1.807, 2.05) is 30.6 Å². The fourth-order valence-corrected chi connectivity index (χ4v) is 3.98. The standard InChI is InChI=1S/C19H20N6O/c20-9-12-7-14(11-22-10-12)19(26)23-15-1-2-17-16(8-15)18(25-24-17)13-3-5-21-6-4-13/h3-7,10-11,15-18,24-25H,1-2,8H2,(H,23,26). The first-order valence-corrected chi connectivity index (χ1v) is 8.81. The number of hydrogen-bond acceptors (Lipinski definition) is 6. The maximum atomic E-state index is 12.5. The summed E-state index contributed by atoms with van der Waals surface area (Å²) in [5.74, 6) is 0.234. The molecule has 0 radical (unpaired) electrons. The van der Waals surface area contributed by atoms with Crippen LogP contribution in [0.5, 0.6) is 0 Å². The van der Waals surface area contributed by atoms with Crippen molar-refractivity contribution >= 4 is 5.91 Å². The number of carbonyl (C=O) groups is 1. The molecule has 0 bridgehead atoms. The number of hydrogen-bond donors (Lipinski definition) is 3. The third-order valence-electron chi connectivity index (χ3n) is 5.28. The van der Waals surface area contributed by atoms with Gasteiger partial charge in [-0.2, -0.15) is 5.26 Å². The highest BCUT2D eigenvalue weighted by atomic mass is 16.1. The quantitative estimate of drug-likeness (QED) is 0.776. The highest BCUT2D eigenvalue weighted by Crippen LogP contribution is 2.37. The van der Waals surface area contributed by atoms with Crippen molar-refractivity contribution in [1.29, 1.82) is 5.26 Å². The fraction of sp³-hybridized carbons (Fsp3) is 0.368. The summed E-state index contributed by atoms with van der Waals surface area (Å²) in [5, 5.41) is 12.1. The SMILES string of the molecule is N#Cc1cncc(C(=O)NC2CCC3NNC(c4ccncc4)C3C2)c1. The summed E-state index contributed by atoms with van der Waals surface area (Å²) in [6, 6.07) is 8.39. The van der Waals surface area contributed by atoms with Gasteiger partial charge in [-0.1, -0.05) is 0 Å². The number of rotatable bonds is 3. The zero-order valence-electron chi connectivity index (χ0n) is 14.2. The molecule has 26 heavy (non-hydrogen) atoms. The summed E-state index contributed by atoms with van der Waals surface area (Å²) in [4.78, 5) is 20.6. The average molecular weight is 348 g/mol. The van der Waals surface area contributed by atoms with Gasteiger partial charge in [-0.15, -0.1) is 0 Å². The summed E-state index contributed by atoms with van der Waals surface area (Å²) in [6.45, 7) is 0. The van der Waals surface area contributed by atoms with E-state index in [4.69, 9.17) is 5.26 Å². The van der Waals surface area contributed by atoms with Gasteiger partial charge in [0.05, 0.1) is 17.2 Å². The van der Waals surface area contributed by atoms with Crippen LogP contribution in [0.3, 0.4) is 0 Å². The van der Waals surface area contributed by atoms with Gasteiger partial charge in [0.25, 0.3) is 5.91 Å². The molecule has 4 rings (SSSR count). The van der Waals surface area contributed by atoms with Crippen molar-refractivity contribution in [3.8, 4) is 6.07 Å². The van der Waals surface area contributed by atoms with E-state index < -0.39 is 0 Å². The molecule has 2 aromatic rings. The van der Waals surface area contributed by atoms with Crippen molar-refractivity contribution < 1.29 is 4.79 Å². The summed E-state index contributed by atoms with van der Waals surface area (Å²) in [5.41, 5.74) is 8.83. The molecule has 2 fully saturated rings. The second-order valence-electron chi connectivity index (χ2n) is 6.87. The van der Waals surface area contributed by atoms with Gasteiger partial charge in [0.15, 0.2) is 0 Å². The first-order chi connectivity index (χ1) is 12.7. The molecule has 1 aliphatic heterocycles. The van der Waals surface area contributed by atoms with Crippen molar-refractivity contribution in [3.63, 3.8) is 0 Å². The largest absolute Gasteiger partial charge is 0.349 e. The number of fused-ring (bicyclic) bond motifs is 1. The van der Waals surface area contributed by atoms with Gasteiger partial charge in [-0.05, 0) is 48.9 Å². The zero-order chi connectivity index (χ0) is 17.9. The minimum absolute atomic E-state index is 0.112. The van der Waals surface area contributed by atoms with Crippen molar-refractivity contribution in [2.24, 2.45) is 5.92 Å². The highest BCUT2D eigenvalue weighted by Gasteiger charge is 2.41. The predicted octanol–water partition coefficient (Wildman–Crippen LogP) is 1.46. The van der Waals surface area contributed by atoms with Crippen LogP contribution in [0.15, 0.2) is 43.0 Å². The molecule has 132 valence electrons. The van der Waals surface area contributed by atoms with Gasteiger partial charge in [0, 0.05) is 36.9 Å². The Balaban J connectivity index is 1.44. The van der Waals surface area contributed by atoms with Crippen molar-refractivity contribution in [2.45, 2.75) is 37.4 Å². The summed E-state index contributed by atoms with van der Waals surface area (Å²) in [6.07, 6.45) is 9.39. The number of pyridine rings is 2. The molecule has 3 N–H and O–H groups in total. The van der Waals surface area contributed by atoms with Gasteiger partial charge in [-0.3, -0.25) is 20.2 Å². The highest BCUT2D eigenvalue weighted by molar-refractivity contribution is 5.94. The minimum Gasteiger partial charge on any atom is -0.349 e. The molecule has 4 atom stereocenters. The van der Waals surface area contributed by atoms with Crippen molar-refractivity contribution in [1.82, 2.24) is 26.1 Å². The second-order valence-corrected chi connectivity index (χ2v) is 6.87. The Morgan fingerprint density at radius 3 is 2.85 bits per heavy atom. The van der Waals surface area contributed by atoms with Crippen LogP contribution in [0.25, 0.3) is 0 Å². The van der Waals surface area contributed by atoms with Crippen molar-refractivity contribution in [3.05, 3.63) is 59.7 Å². The Bertz CT molecular complexity index is 833. The van der Waals surface area contributed by atoms with E-state index in [1.165, 1.54) is 18.0 Å². The lowest BCUT2D eigenvalue weighted by molar-refractivity contribution is 0.0915. The second kappa shape index (κ2) is 7.20. The number of nitrogens with one attached hydrogen (secondary N) is 3. The lowest BCUT2D eigenvalue weighted by Gasteiger charge is -2.33. The van der Waals surface area contributed by atoms with Gasteiger partial charge >= 0.3 is 0 Å². The van der Waals surface area contributed by atoms with Crippen molar-refractivity contribution in [2.75, 3.05) is 0 Å². The number of carbonyl (C=O) groups excluding carboxylic acids is 1. The summed E-state index contributed by atoms with van der Waals surface area (Å²) >= 11 is 0. The Morgan fingerprint density at radius 1 is 1.19 bits per heavy atom. The van der Waals surface area contributed by atoms with Gasteiger partial charge in [0.2, 0.25) is 0 Å². The molecule has 7 nitrogen and oxygen atoms in total. The molecule has 7 heteroatoms. The molecule has 1 saturated heterocycles. The molecule has 0 spiro atoms. The van der Waals surface area contributed by atoms with Crippen LogP contribution in [0.1, 0.15) is 46.8 Å². The van der Waals surface area contributed by atoms with E-state index in [2.05, 4.69) is 26.1 Å². The first-order valence-electron chi connectivity index (χ1n) is 8.81. The van der Waals surface area contributed by atoms with E-state index in [0.29, 0.717) is 23.1 Å². The molecule has 4 unspecified atom stereocenters. The molecule has 2 aromatic heterocycles. The molecule has 1 amide bonds. The molecule has 1 saturated carbocycles. The maximum Gasteiger partial charge on any atom is 0.253 e. The van der Waals surface area contributed by atoms with Crippen LogP contribution in [-0.2, 0) is 0 Å². The summed E-state index contributed by atoms with van der Waals surface area (Å²) < 4.78 is 0. The number of aromatic nitrogens is 2. The molecular formula is C19H20N6O. The minimum atomic E-state index is -0.169. The number of hydrazine groups is 1. The first kappa shape index (κ1) is 16.6. The topological polar surface area (TPSA) is 103 Å². The van der Waals surface area contributed by atoms with E-state index in [-0.39, 0.29) is 18.0 Å². The van der Waals surface area contributed by atoms with E-state index >= 15 is 0 Å². The molecular weight excluding hydrogens is 328 g/mol.